The van der Waals surface area contributed by atoms with Crippen LogP contribution in [-0.2, 0) is 9.53 Å². The van der Waals surface area contributed by atoms with Crippen molar-refractivity contribution in [3.8, 4) is 0 Å². The summed E-state index contributed by atoms with van der Waals surface area (Å²) in [6.45, 7) is 4.10. The molecule has 0 spiro atoms. The number of rotatable bonds is 4. The summed E-state index contributed by atoms with van der Waals surface area (Å²) in [5.74, 6) is -6.18. The van der Waals surface area contributed by atoms with Crippen molar-refractivity contribution in [3.05, 3.63) is 0 Å². The lowest BCUT2D eigenvalue weighted by Crippen LogP contribution is -2.45. The number of aliphatic hydroxyl groups is 1. The minimum Gasteiger partial charge on any atom is -0.461 e. The first-order chi connectivity index (χ1) is 5.84. The van der Waals surface area contributed by atoms with E-state index in [1.165, 1.54) is 20.8 Å². The topological polar surface area (TPSA) is 46.5 Å². The van der Waals surface area contributed by atoms with Gasteiger partial charge in [0.25, 0.3) is 0 Å². The molecule has 0 aromatic heterocycles. The van der Waals surface area contributed by atoms with Gasteiger partial charge in [0.05, 0.1) is 6.61 Å². The third kappa shape index (κ3) is 2.91. The molecule has 0 fully saturated rings. The van der Waals surface area contributed by atoms with Crippen LogP contribution in [0.25, 0.3) is 0 Å². The van der Waals surface area contributed by atoms with Crippen LogP contribution in [0.3, 0.4) is 0 Å². The zero-order valence-corrected chi connectivity index (χ0v) is 7.88. The molecule has 5 heteroatoms. The maximum Gasteiger partial charge on any atom is 0.379 e. The number of aliphatic hydroxyl groups excluding tert-OH is 1. The Morgan fingerprint density at radius 2 is 2.00 bits per heavy atom. The molecule has 0 amide bonds. The molecule has 3 nitrogen and oxygen atoms in total. The van der Waals surface area contributed by atoms with Gasteiger partial charge in [-0.1, -0.05) is 13.8 Å². The van der Waals surface area contributed by atoms with Gasteiger partial charge in [-0.15, -0.1) is 0 Å². The molecular weight excluding hydrogens is 182 g/mol. The van der Waals surface area contributed by atoms with E-state index < -0.39 is 23.9 Å². The van der Waals surface area contributed by atoms with Gasteiger partial charge in [-0.2, -0.15) is 8.78 Å². The zero-order valence-electron chi connectivity index (χ0n) is 7.88. The molecule has 0 radical (unpaired) electrons. The lowest BCUT2D eigenvalue weighted by Gasteiger charge is -2.23. The van der Waals surface area contributed by atoms with Gasteiger partial charge in [0.15, 0.2) is 0 Å². The smallest absolute Gasteiger partial charge is 0.379 e. The third-order valence-electron chi connectivity index (χ3n) is 1.55. The van der Waals surface area contributed by atoms with Gasteiger partial charge < -0.3 is 9.84 Å². The van der Waals surface area contributed by atoms with Gasteiger partial charge in [-0.05, 0) is 12.8 Å². The lowest BCUT2D eigenvalue weighted by molar-refractivity contribution is -0.192. The number of ether oxygens (including phenoxy) is 1. The molecule has 0 aromatic carbocycles. The number of esters is 1. The van der Waals surface area contributed by atoms with Gasteiger partial charge in [0, 0.05) is 0 Å². The first-order valence-electron chi connectivity index (χ1n) is 4.07. The summed E-state index contributed by atoms with van der Waals surface area (Å²) in [7, 11) is 0. The molecule has 0 saturated carbocycles. The predicted molar refractivity (Wildman–Crippen MR) is 42.4 cm³/mol. The Kier molecular flexibility index (Phi) is 4.26. The monoisotopic (exact) mass is 196 g/mol. The number of hydrogen-bond acceptors (Lipinski definition) is 3. The average molecular weight is 196 g/mol. The molecule has 0 aliphatic carbocycles. The van der Waals surface area contributed by atoms with Gasteiger partial charge in [0.2, 0.25) is 0 Å². The van der Waals surface area contributed by atoms with Gasteiger partial charge in [-0.25, -0.2) is 4.79 Å². The van der Waals surface area contributed by atoms with Crippen molar-refractivity contribution in [3.63, 3.8) is 0 Å². The fourth-order valence-corrected chi connectivity index (χ4v) is 0.767. The first kappa shape index (κ1) is 12.3. The molecule has 1 N–H and O–H groups in total. The highest BCUT2D eigenvalue weighted by Gasteiger charge is 2.49. The Labute approximate surface area is 75.7 Å². The minimum atomic E-state index is -3.82. The highest BCUT2D eigenvalue weighted by atomic mass is 19.3. The molecule has 0 aliphatic rings. The number of halogens is 2. The number of hydrogen-bond donors (Lipinski definition) is 1. The normalized spacial score (nSPS) is 14.4. The van der Waals surface area contributed by atoms with Crippen molar-refractivity contribution >= 4 is 5.97 Å². The van der Waals surface area contributed by atoms with E-state index in [2.05, 4.69) is 4.74 Å². The van der Waals surface area contributed by atoms with Crippen molar-refractivity contribution < 1.29 is 23.4 Å². The Bertz CT molecular complexity index is 180. The van der Waals surface area contributed by atoms with Gasteiger partial charge in [0.1, 0.15) is 6.10 Å². The van der Waals surface area contributed by atoms with Crippen molar-refractivity contribution in [1.82, 2.24) is 0 Å². The zero-order chi connectivity index (χ0) is 10.6. The predicted octanol–water partition coefficient (Wildman–Crippen LogP) is 1.20. The Balaban J connectivity index is 4.45. The second kappa shape index (κ2) is 4.50. The van der Waals surface area contributed by atoms with Crippen molar-refractivity contribution in [2.24, 2.45) is 5.92 Å². The van der Waals surface area contributed by atoms with Gasteiger partial charge in [-0.3, -0.25) is 0 Å². The fraction of sp³-hybridized carbons (Fsp3) is 0.875. The van der Waals surface area contributed by atoms with Crippen LogP contribution in [0.4, 0.5) is 8.78 Å². The average Bonchev–Trinajstić information content (AvgIpc) is 2.03. The fourth-order valence-electron chi connectivity index (χ4n) is 0.767. The highest BCUT2D eigenvalue weighted by molar-refractivity contribution is 5.78. The van der Waals surface area contributed by atoms with E-state index in [4.69, 9.17) is 5.11 Å². The molecular formula is C8H14F2O3. The van der Waals surface area contributed by atoms with Crippen LogP contribution in [0.15, 0.2) is 0 Å². The van der Waals surface area contributed by atoms with E-state index in [1.807, 2.05) is 0 Å². The largest absolute Gasteiger partial charge is 0.461 e. The van der Waals surface area contributed by atoms with E-state index in [9.17, 15) is 13.6 Å². The number of carbonyl (C=O) groups is 1. The first-order valence-corrected chi connectivity index (χ1v) is 4.07. The summed E-state index contributed by atoms with van der Waals surface area (Å²) in [5, 5.41) is 9.00. The Morgan fingerprint density at radius 3 is 2.31 bits per heavy atom. The molecule has 13 heavy (non-hydrogen) atoms. The Hall–Kier alpha value is -0.710. The number of carbonyl (C=O) groups excluding carboxylic acids is 1. The third-order valence-corrected chi connectivity index (χ3v) is 1.55. The summed E-state index contributed by atoms with van der Waals surface area (Å²) in [6, 6.07) is 0. The second-order valence-corrected chi connectivity index (χ2v) is 3.03. The van der Waals surface area contributed by atoms with Crippen LogP contribution in [0.5, 0.6) is 0 Å². The van der Waals surface area contributed by atoms with Crippen molar-refractivity contribution in [2.75, 3.05) is 6.61 Å². The molecule has 0 rings (SSSR count). The second-order valence-electron chi connectivity index (χ2n) is 3.03. The quantitative estimate of drug-likeness (QED) is 0.687. The molecule has 1 atom stereocenters. The van der Waals surface area contributed by atoms with Crippen LogP contribution >= 0.6 is 0 Å². The van der Waals surface area contributed by atoms with E-state index in [1.54, 1.807) is 0 Å². The number of alkyl halides is 2. The summed E-state index contributed by atoms with van der Waals surface area (Å²) < 4.78 is 30.0. The molecule has 0 heterocycles. The lowest BCUT2D eigenvalue weighted by atomic mass is 10.0. The van der Waals surface area contributed by atoms with Crippen LogP contribution in [-0.4, -0.2) is 29.7 Å². The molecule has 78 valence electrons. The van der Waals surface area contributed by atoms with Crippen LogP contribution < -0.4 is 0 Å². The summed E-state index contributed by atoms with van der Waals surface area (Å²) in [6.07, 6.45) is -1.99. The molecule has 0 aromatic rings. The van der Waals surface area contributed by atoms with Crippen LogP contribution in [0.1, 0.15) is 20.8 Å². The van der Waals surface area contributed by atoms with Crippen molar-refractivity contribution in [1.29, 1.82) is 0 Å². The van der Waals surface area contributed by atoms with E-state index >= 15 is 0 Å². The maximum absolute atomic E-state index is 12.9. The summed E-state index contributed by atoms with van der Waals surface area (Å²) in [4.78, 5) is 10.7. The van der Waals surface area contributed by atoms with Crippen LogP contribution in [0.2, 0.25) is 0 Å². The molecule has 0 saturated heterocycles. The standard InChI is InChI=1S/C8H14F2O3/c1-4-13-7(12)8(9,10)6(11)5(2)3/h5-6,11H,4H2,1-3H3. The van der Waals surface area contributed by atoms with E-state index in [0.717, 1.165) is 0 Å². The molecule has 1 unspecified atom stereocenters. The van der Waals surface area contributed by atoms with Crippen molar-refractivity contribution in [2.45, 2.75) is 32.8 Å². The highest BCUT2D eigenvalue weighted by Crippen LogP contribution is 2.25. The summed E-state index contributed by atoms with van der Waals surface area (Å²) >= 11 is 0. The Morgan fingerprint density at radius 1 is 1.54 bits per heavy atom. The molecule has 0 bridgehead atoms. The summed E-state index contributed by atoms with van der Waals surface area (Å²) in [5.41, 5.74) is 0. The van der Waals surface area contributed by atoms with Gasteiger partial charge >= 0.3 is 11.9 Å². The molecule has 0 aliphatic heterocycles. The van der Waals surface area contributed by atoms with Crippen LogP contribution in [0, 0.1) is 5.92 Å². The minimum absolute atomic E-state index is 0.126. The van der Waals surface area contributed by atoms with E-state index in [-0.39, 0.29) is 6.61 Å². The maximum atomic E-state index is 12.9. The van der Waals surface area contributed by atoms with E-state index in [0.29, 0.717) is 0 Å². The SMILES string of the molecule is CCOC(=O)C(F)(F)C(O)C(C)C.